The number of piperidine rings is 1. The van der Waals surface area contributed by atoms with Gasteiger partial charge in [-0.2, -0.15) is 0 Å². The highest BCUT2D eigenvalue weighted by atomic mass is 16.6. The van der Waals surface area contributed by atoms with Crippen molar-refractivity contribution in [2.45, 2.75) is 39.2 Å². The molecule has 20 heavy (non-hydrogen) atoms. The quantitative estimate of drug-likeness (QED) is 0.512. The van der Waals surface area contributed by atoms with Crippen LogP contribution in [0, 0.1) is 5.92 Å². The molecular formula is C15H29N3O2. The average molecular weight is 283 g/mol. The van der Waals surface area contributed by atoms with Gasteiger partial charge < -0.3 is 20.7 Å². The molecule has 0 spiro atoms. The molecule has 0 aromatic carbocycles. The smallest absolute Gasteiger partial charge is 0.407 e. The maximum absolute atomic E-state index is 11.4. The Balaban J connectivity index is 1.97. The second kappa shape index (κ2) is 8.97. The molecule has 116 valence electrons. The van der Waals surface area contributed by atoms with Gasteiger partial charge in [-0.3, -0.25) is 0 Å². The Hall–Kier alpha value is -1.07. The fraction of sp³-hybridized carbons (Fsp3) is 0.800. The maximum Gasteiger partial charge on any atom is 0.407 e. The fourth-order valence-electron chi connectivity index (χ4n) is 2.08. The third-order valence-electron chi connectivity index (χ3n) is 3.08. The summed E-state index contributed by atoms with van der Waals surface area (Å²) in [7, 11) is 0. The summed E-state index contributed by atoms with van der Waals surface area (Å²) in [4.78, 5) is 11.4. The van der Waals surface area contributed by atoms with Gasteiger partial charge in [-0.05, 0) is 59.2 Å². The number of carbonyl (C=O) groups is 1. The van der Waals surface area contributed by atoms with Gasteiger partial charge in [0.1, 0.15) is 5.60 Å². The molecule has 0 atom stereocenters. The van der Waals surface area contributed by atoms with Crippen LogP contribution in [0.4, 0.5) is 4.79 Å². The van der Waals surface area contributed by atoms with E-state index in [1.54, 1.807) is 0 Å². The Bertz CT molecular complexity index is 305. The third kappa shape index (κ3) is 8.93. The first-order valence-electron chi connectivity index (χ1n) is 7.50. The van der Waals surface area contributed by atoms with Gasteiger partial charge in [-0.1, -0.05) is 12.2 Å². The van der Waals surface area contributed by atoms with Gasteiger partial charge >= 0.3 is 6.09 Å². The van der Waals surface area contributed by atoms with Crippen molar-refractivity contribution in [2.75, 3.05) is 32.7 Å². The fourth-order valence-corrected chi connectivity index (χ4v) is 2.08. The molecule has 0 saturated carbocycles. The number of hydrogen-bond donors (Lipinski definition) is 3. The Kier molecular flexibility index (Phi) is 7.62. The second-order valence-electron chi connectivity index (χ2n) is 6.21. The van der Waals surface area contributed by atoms with Crippen LogP contribution in [0.15, 0.2) is 12.2 Å². The lowest BCUT2D eigenvalue weighted by Crippen LogP contribution is -2.33. The molecular weight excluding hydrogens is 254 g/mol. The molecule has 0 bridgehead atoms. The summed E-state index contributed by atoms with van der Waals surface area (Å²) in [5, 5.41) is 9.48. The van der Waals surface area contributed by atoms with Crippen molar-refractivity contribution in [2.24, 2.45) is 5.92 Å². The third-order valence-corrected chi connectivity index (χ3v) is 3.08. The number of nitrogens with one attached hydrogen (secondary N) is 3. The zero-order valence-electron chi connectivity index (χ0n) is 13.0. The topological polar surface area (TPSA) is 62.4 Å². The summed E-state index contributed by atoms with van der Waals surface area (Å²) in [5.41, 5.74) is -0.440. The Morgan fingerprint density at radius 3 is 2.55 bits per heavy atom. The van der Waals surface area contributed by atoms with E-state index < -0.39 is 5.60 Å². The zero-order valence-corrected chi connectivity index (χ0v) is 13.0. The standard InChI is InChI=1S/C15H29N3O2/c1-15(2,3)20-14(19)18-9-5-4-8-17-12-13-6-10-16-11-7-13/h4-5,13,16-17H,6-12H2,1-3H3,(H,18,19)/b5-4+. The lowest BCUT2D eigenvalue weighted by Gasteiger charge is -2.22. The van der Waals surface area contributed by atoms with Crippen LogP contribution in [0.25, 0.3) is 0 Å². The molecule has 1 fully saturated rings. The number of carbonyl (C=O) groups excluding carboxylic acids is 1. The molecule has 0 unspecified atom stereocenters. The van der Waals surface area contributed by atoms with Crippen LogP contribution < -0.4 is 16.0 Å². The van der Waals surface area contributed by atoms with Crippen molar-refractivity contribution >= 4 is 6.09 Å². The molecule has 0 aliphatic carbocycles. The van der Waals surface area contributed by atoms with Gasteiger partial charge in [0.25, 0.3) is 0 Å². The minimum absolute atomic E-state index is 0.371. The van der Waals surface area contributed by atoms with Crippen LogP contribution >= 0.6 is 0 Å². The highest BCUT2D eigenvalue weighted by molar-refractivity contribution is 5.67. The molecule has 3 N–H and O–H groups in total. The van der Waals surface area contributed by atoms with Gasteiger partial charge in [-0.25, -0.2) is 4.79 Å². The van der Waals surface area contributed by atoms with E-state index in [9.17, 15) is 4.79 Å². The number of rotatable bonds is 6. The highest BCUT2D eigenvalue weighted by Crippen LogP contribution is 2.09. The van der Waals surface area contributed by atoms with Gasteiger partial charge in [0, 0.05) is 13.1 Å². The van der Waals surface area contributed by atoms with Crippen molar-refractivity contribution in [3.63, 3.8) is 0 Å². The molecule has 5 nitrogen and oxygen atoms in total. The van der Waals surface area contributed by atoms with Gasteiger partial charge in [0.2, 0.25) is 0 Å². The summed E-state index contributed by atoms with van der Waals surface area (Å²) in [6, 6.07) is 0. The van der Waals surface area contributed by atoms with E-state index in [0.717, 1.165) is 32.1 Å². The van der Waals surface area contributed by atoms with Crippen molar-refractivity contribution in [1.29, 1.82) is 0 Å². The predicted octanol–water partition coefficient (Wildman–Crippen LogP) is 1.66. The molecule has 1 rings (SSSR count). The predicted molar refractivity (Wildman–Crippen MR) is 81.8 cm³/mol. The lowest BCUT2D eigenvalue weighted by atomic mass is 9.98. The summed E-state index contributed by atoms with van der Waals surface area (Å²) in [5.74, 6) is 0.796. The van der Waals surface area contributed by atoms with E-state index in [1.165, 1.54) is 12.8 Å². The first-order chi connectivity index (χ1) is 9.47. The van der Waals surface area contributed by atoms with Crippen molar-refractivity contribution in [3.05, 3.63) is 12.2 Å². The number of ether oxygens (including phenoxy) is 1. The number of hydrogen-bond acceptors (Lipinski definition) is 4. The highest BCUT2D eigenvalue weighted by Gasteiger charge is 2.15. The zero-order chi connectivity index (χ0) is 14.8. The first kappa shape index (κ1) is 17.0. The van der Waals surface area contributed by atoms with E-state index in [1.807, 2.05) is 32.9 Å². The molecule has 1 amide bonds. The summed E-state index contributed by atoms with van der Waals surface area (Å²) >= 11 is 0. The van der Waals surface area contributed by atoms with E-state index in [4.69, 9.17) is 4.74 Å². The molecule has 1 aliphatic rings. The molecule has 0 aromatic rings. The second-order valence-corrected chi connectivity index (χ2v) is 6.21. The largest absolute Gasteiger partial charge is 0.444 e. The number of amides is 1. The van der Waals surface area contributed by atoms with E-state index in [-0.39, 0.29) is 6.09 Å². The SMILES string of the molecule is CC(C)(C)OC(=O)NC/C=C/CNCC1CCNCC1. The van der Waals surface area contributed by atoms with Crippen LogP contribution in [-0.4, -0.2) is 44.4 Å². The minimum Gasteiger partial charge on any atom is -0.444 e. The van der Waals surface area contributed by atoms with Gasteiger partial charge in [0.15, 0.2) is 0 Å². The summed E-state index contributed by atoms with van der Waals surface area (Å²) in [6.45, 7) is 10.3. The first-order valence-corrected chi connectivity index (χ1v) is 7.50. The Morgan fingerprint density at radius 2 is 1.90 bits per heavy atom. The van der Waals surface area contributed by atoms with Crippen molar-refractivity contribution < 1.29 is 9.53 Å². The van der Waals surface area contributed by atoms with E-state index >= 15 is 0 Å². The lowest BCUT2D eigenvalue weighted by molar-refractivity contribution is 0.0534. The van der Waals surface area contributed by atoms with Gasteiger partial charge in [-0.15, -0.1) is 0 Å². The maximum atomic E-state index is 11.4. The van der Waals surface area contributed by atoms with Crippen LogP contribution in [0.2, 0.25) is 0 Å². The van der Waals surface area contributed by atoms with Crippen LogP contribution in [0.5, 0.6) is 0 Å². The normalized spacial score (nSPS) is 17.4. The van der Waals surface area contributed by atoms with Crippen LogP contribution in [0.1, 0.15) is 33.6 Å². The Morgan fingerprint density at radius 1 is 1.25 bits per heavy atom. The number of alkyl carbamates (subject to hydrolysis) is 1. The monoisotopic (exact) mass is 283 g/mol. The van der Waals surface area contributed by atoms with Crippen LogP contribution in [-0.2, 0) is 4.74 Å². The van der Waals surface area contributed by atoms with Crippen LogP contribution in [0.3, 0.4) is 0 Å². The molecule has 1 saturated heterocycles. The molecule has 1 aliphatic heterocycles. The minimum atomic E-state index is -0.440. The molecule has 1 heterocycles. The van der Waals surface area contributed by atoms with E-state index in [2.05, 4.69) is 16.0 Å². The average Bonchev–Trinajstić information content (AvgIpc) is 2.37. The van der Waals surface area contributed by atoms with Crippen molar-refractivity contribution in [3.8, 4) is 0 Å². The Labute approximate surface area is 122 Å². The molecule has 0 aromatic heterocycles. The molecule has 5 heteroatoms. The molecule has 0 radical (unpaired) electrons. The summed E-state index contributed by atoms with van der Waals surface area (Å²) < 4.78 is 5.14. The van der Waals surface area contributed by atoms with Crippen molar-refractivity contribution in [1.82, 2.24) is 16.0 Å². The van der Waals surface area contributed by atoms with Gasteiger partial charge in [0.05, 0.1) is 0 Å². The van der Waals surface area contributed by atoms with E-state index in [0.29, 0.717) is 6.54 Å². The summed E-state index contributed by atoms with van der Waals surface area (Å²) in [6.07, 6.45) is 6.14.